The van der Waals surface area contributed by atoms with Crippen molar-refractivity contribution in [2.75, 3.05) is 0 Å². The summed E-state index contributed by atoms with van der Waals surface area (Å²) in [6, 6.07) is 15.9. The third-order valence-electron chi connectivity index (χ3n) is 3.59. The first-order valence-corrected chi connectivity index (χ1v) is 7.65. The van der Waals surface area contributed by atoms with Crippen LogP contribution in [0.15, 0.2) is 48.5 Å². The number of carbonyl (C=O) groups is 1. The summed E-state index contributed by atoms with van der Waals surface area (Å²) >= 11 is 0. The average molecular weight is 297 g/mol. The second-order valence-electron chi connectivity index (χ2n) is 5.49. The van der Waals surface area contributed by atoms with E-state index in [1.54, 1.807) is 0 Å². The number of aryl methyl sites for hydroxylation is 2. The minimum absolute atomic E-state index is 0.0766. The normalized spacial score (nSPS) is 11.8. The maximum atomic E-state index is 12.3. The van der Waals surface area contributed by atoms with Gasteiger partial charge in [0.05, 0.1) is 0 Å². The van der Waals surface area contributed by atoms with Gasteiger partial charge in [-0.1, -0.05) is 49.4 Å². The van der Waals surface area contributed by atoms with Gasteiger partial charge < -0.3 is 10.1 Å². The van der Waals surface area contributed by atoms with Crippen molar-refractivity contribution in [3.8, 4) is 5.75 Å². The average Bonchev–Trinajstić information content (AvgIpc) is 2.54. The van der Waals surface area contributed by atoms with Crippen molar-refractivity contribution < 1.29 is 9.53 Å². The maximum absolute atomic E-state index is 12.3. The summed E-state index contributed by atoms with van der Waals surface area (Å²) in [4.78, 5) is 12.3. The molecule has 0 heterocycles. The molecule has 1 N–H and O–H groups in total. The highest BCUT2D eigenvalue weighted by Gasteiger charge is 2.18. The summed E-state index contributed by atoms with van der Waals surface area (Å²) in [5.74, 6) is 0.703. The number of hydrogen-bond acceptors (Lipinski definition) is 2. The van der Waals surface area contributed by atoms with Gasteiger partial charge in [0.15, 0.2) is 6.10 Å². The largest absolute Gasteiger partial charge is 0.480 e. The van der Waals surface area contributed by atoms with Gasteiger partial charge in [0.25, 0.3) is 5.91 Å². The molecule has 1 unspecified atom stereocenters. The Morgan fingerprint density at radius 3 is 2.55 bits per heavy atom. The summed E-state index contributed by atoms with van der Waals surface area (Å²) in [5, 5.41) is 2.94. The molecule has 1 atom stereocenters. The molecule has 3 nitrogen and oxygen atoms in total. The molecule has 0 saturated carbocycles. The quantitative estimate of drug-likeness (QED) is 0.881. The van der Waals surface area contributed by atoms with Crippen LogP contribution in [0.5, 0.6) is 5.75 Å². The molecular weight excluding hydrogens is 274 g/mol. The van der Waals surface area contributed by atoms with Crippen LogP contribution in [0.25, 0.3) is 0 Å². The molecule has 0 aliphatic heterocycles. The molecule has 0 aromatic heterocycles. The Kier molecular flexibility index (Phi) is 5.59. The van der Waals surface area contributed by atoms with Crippen molar-refractivity contribution in [2.45, 2.75) is 39.8 Å². The minimum atomic E-state index is -0.468. The molecule has 0 spiro atoms. The molecule has 2 aromatic carbocycles. The Labute approximate surface area is 132 Å². The smallest absolute Gasteiger partial charge is 0.261 e. The molecule has 0 bridgehead atoms. The molecular formula is C19H23NO2. The fourth-order valence-electron chi connectivity index (χ4n) is 2.21. The molecule has 0 radical (unpaired) electrons. The van der Waals surface area contributed by atoms with E-state index < -0.39 is 6.10 Å². The lowest BCUT2D eigenvalue weighted by molar-refractivity contribution is -0.128. The second-order valence-corrected chi connectivity index (χ2v) is 5.49. The van der Waals surface area contributed by atoms with Crippen LogP contribution in [0.3, 0.4) is 0 Å². The van der Waals surface area contributed by atoms with Crippen molar-refractivity contribution in [2.24, 2.45) is 0 Å². The van der Waals surface area contributed by atoms with Gasteiger partial charge in [0.2, 0.25) is 0 Å². The third kappa shape index (κ3) is 4.35. The summed E-state index contributed by atoms with van der Waals surface area (Å²) in [5.41, 5.74) is 3.25. The highest BCUT2D eigenvalue weighted by molar-refractivity contribution is 5.81. The monoisotopic (exact) mass is 297 g/mol. The standard InChI is InChI=1S/C19H23NO2/c1-4-17(22-18-12-14(2)10-11-15(18)3)19(21)20-13-16-8-6-5-7-9-16/h5-12,17H,4,13H2,1-3H3,(H,20,21). The van der Waals surface area contributed by atoms with Gasteiger partial charge in [-0.05, 0) is 43.0 Å². The van der Waals surface area contributed by atoms with E-state index in [1.165, 1.54) is 0 Å². The Balaban J connectivity index is 1.98. The van der Waals surface area contributed by atoms with Gasteiger partial charge in [-0.3, -0.25) is 4.79 Å². The summed E-state index contributed by atoms with van der Waals surface area (Å²) in [6.07, 6.45) is 0.165. The van der Waals surface area contributed by atoms with Gasteiger partial charge in [-0.2, -0.15) is 0 Å². The summed E-state index contributed by atoms with van der Waals surface area (Å²) < 4.78 is 5.91. The summed E-state index contributed by atoms with van der Waals surface area (Å²) in [6.45, 7) is 6.48. The highest BCUT2D eigenvalue weighted by Crippen LogP contribution is 2.21. The molecule has 116 valence electrons. The highest BCUT2D eigenvalue weighted by atomic mass is 16.5. The van der Waals surface area contributed by atoms with Crippen molar-refractivity contribution in [1.29, 1.82) is 0 Å². The molecule has 22 heavy (non-hydrogen) atoms. The Morgan fingerprint density at radius 2 is 1.86 bits per heavy atom. The van der Waals surface area contributed by atoms with Gasteiger partial charge >= 0.3 is 0 Å². The zero-order valence-corrected chi connectivity index (χ0v) is 13.4. The van der Waals surface area contributed by atoms with E-state index in [-0.39, 0.29) is 5.91 Å². The predicted molar refractivity (Wildman–Crippen MR) is 88.9 cm³/mol. The number of nitrogens with one attached hydrogen (secondary N) is 1. The SMILES string of the molecule is CCC(Oc1cc(C)ccc1C)C(=O)NCc1ccccc1. The molecule has 0 aliphatic carbocycles. The van der Waals surface area contributed by atoms with E-state index in [9.17, 15) is 4.79 Å². The lowest BCUT2D eigenvalue weighted by atomic mass is 10.1. The predicted octanol–water partition coefficient (Wildman–Crippen LogP) is 3.78. The van der Waals surface area contributed by atoms with Crippen LogP contribution in [0.1, 0.15) is 30.0 Å². The lowest BCUT2D eigenvalue weighted by Gasteiger charge is -2.19. The van der Waals surface area contributed by atoms with E-state index in [2.05, 4.69) is 5.32 Å². The maximum Gasteiger partial charge on any atom is 0.261 e. The van der Waals surface area contributed by atoms with E-state index in [0.717, 1.165) is 22.4 Å². The number of rotatable bonds is 6. The molecule has 3 heteroatoms. The molecule has 0 fully saturated rings. The Morgan fingerprint density at radius 1 is 1.14 bits per heavy atom. The van der Waals surface area contributed by atoms with Crippen LogP contribution in [-0.2, 0) is 11.3 Å². The van der Waals surface area contributed by atoms with Crippen molar-refractivity contribution in [3.63, 3.8) is 0 Å². The number of carbonyl (C=O) groups excluding carboxylic acids is 1. The van der Waals surface area contributed by atoms with E-state index in [1.807, 2.05) is 69.3 Å². The van der Waals surface area contributed by atoms with Crippen molar-refractivity contribution in [1.82, 2.24) is 5.32 Å². The fraction of sp³-hybridized carbons (Fsp3) is 0.316. The van der Waals surface area contributed by atoms with Gasteiger partial charge in [0.1, 0.15) is 5.75 Å². The first kappa shape index (κ1) is 16.1. The van der Waals surface area contributed by atoms with Gasteiger partial charge in [-0.15, -0.1) is 0 Å². The zero-order valence-electron chi connectivity index (χ0n) is 13.4. The van der Waals surface area contributed by atoms with Crippen LogP contribution >= 0.6 is 0 Å². The van der Waals surface area contributed by atoms with Crippen LogP contribution in [0.4, 0.5) is 0 Å². The third-order valence-corrected chi connectivity index (χ3v) is 3.59. The molecule has 0 aliphatic rings. The number of benzene rings is 2. The Hall–Kier alpha value is -2.29. The Bertz CT molecular complexity index is 623. The van der Waals surface area contributed by atoms with E-state index in [0.29, 0.717) is 13.0 Å². The second kappa shape index (κ2) is 7.64. The topological polar surface area (TPSA) is 38.3 Å². The fourth-order valence-corrected chi connectivity index (χ4v) is 2.21. The molecule has 1 amide bonds. The van der Waals surface area contributed by atoms with E-state index in [4.69, 9.17) is 4.74 Å². The van der Waals surface area contributed by atoms with E-state index >= 15 is 0 Å². The van der Waals surface area contributed by atoms with Crippen LogP contribution in [0.2, 0.25) is 0 Å². The van der Waals surface area contributed by atoms with Crippen LogP contribution < -0.4 is 10.1 Å². The first-order chi connectivity index (χ1) is 10.6. The summed E-state index contributed by atoms with van der Waals surface area (Å²) in [7, 11) is 0. The molecule has 2 rings (SSSR count). The van der Waals surface area contributed by atoms with Crippen LogP contribution in [-0.4, -0.2) is 12.0 Å². The van der Waals surface area contributed by atoms with Crippen molar-refractivity contribution >= 4 is 5.91 Å². The van der Waals surface area contributed by atoms with Crippen LogP contribution in [0, 0.1) is 13.8 Å². The van der Waals surface area contributed by atoms with Gasteiger partial charge in [-0.25, -0.2) is 0 Å². The number of hydrogen-bond donors (Lipinski definition) is 1. The van der Waals surface area contributed by atoms with Gasteiger partial charge in [0, 0.05) is 6.54 Å². The molecule has 2 aromatic rings. The number of amides is 1. The molecule has 0 saturated heterocycles. The first-order valence-electron chi connectivity index (χ1n) is 7.65. The number of ether oxygens (including phenoxy) is 1. The lowest BCUT2D eigenvalue weighted by Crippen LogP contribution is -2.37. The van der Waals surface area contributed by atoms with Crippen molar-refractivity contribution in [3.05, 3.63) is 65.2 Å². The minimum Gasteiger partial charge on any atom is -0.480 e. The zero-order chi connectivity index (χ0) is 15.9.